The van der Waals surface area contributed by atoms with Crippen molar-refractivity contribution in [3.8, 4) is 0 Å². The summed E-state index contributed by atoms with van der Waals surface area (Å²) in [6.07, 6.45) is 9.89. The number of para-hydroxylation sites is 1. The highest BCUT2D eigenvalue weighted by atomic mass is 14.9. The fourth-order valence-electron chi connectivity index (χ4n) is 3.87. The average molecular weight is 316 g/mol. The predicted octanol–water partition coefficient (Wildman–Crippen LogP) is 5.02. The molecule has 1 aliphatic rings. The summed E-state index contributed by atoms with van der Waals surface area (Å²) in [4.78, 5) is 3.37. The normalized spacial score (nSPS) is 17.0. The average Bonchev–Trinajstić information content (AvgIpc) is 3.20. The van der Waals surface area contributed by atoms with E-state index in [1.54, 1.807) is 0 Å². The van der Waals surface area contributed by atoms with Crippen LogP contribution >= 0.6 is 0 Å². The van der Waals surface area contributed by atoms with E-state index in [-0.39, 0.29) is 0 Å². The molecular weight excluding hydrogens is 292 g/mol. The number of aromatic amines is 1. The molecule has 1 atom stereocenters. The minimum atomic E-state index is 0.505. The molecule has 1 heterocycles. The highest BCUT2D eigenvalue weighted by Crippen LogP contribution is 2.32. The Balaban J connectivity index is 1.41. The van der Waals surface area contributed by atoms with Gasteiger partial charge < -0.3 is 10.3 Å². The Morgan fingerprint density at radius 3 is 3.04 bits per heavy atom. The Morgan fingerprint density at radius 1 is 1.21 bits per heavy atom. The summed E-state index contributed by atoms with van der Waals surface area (Å²) in [6.45, 7) is 3.09. The third-order valence-electron chi connectivity index (χ3n) is 5.06. The Morgan fingerprint density at radius 2 is 2.12 bits per heavy atom. The first-order valence-corrected chi connectivity index (χ1v) is 8.89. The number of rotatable bonds is 5. The fourth-order valence-corrected chi connectivity index (χ4v) is 3.87. The number of hydrogen-bond acceptors (Lipinski definition) is 1. The molecular formula is C22H24N2. The van der Waals surface area contributed by atoms with Crippen molar-refractivity contribution in [1.29, 1.82) is 0 Å². The van der Waals surface area contributed by atoms with E-state index < -0.39 is 0 Å². The van der Waals surface area contributed by atoms with Crippen molar-refractivity contribution < 1.29 is 0 Å². The van der Waals surface area contributed by atoms with Crippen LogP contribution in [0.3, 0.4) is 0 Å². The smallest absolute Gasteiger partial charge is 0.0456 e. The molecule has 0 bridgehead atoms. The standard InChI is InChI=1S/C22H24N2/c1-2-5-16-8-10-20-17(14-16)9-11-22(20)23-13-12-18-15-24-21-7-4-3-6-19(18)21/h2-8,10,14-15,22-24H,9,11-13H2,1H3/b5-2+. The molecule has 4 rings (SSSR count). The Kier molecular flexibility index (Phi) is 4.22. The van der Waals surface area contributed by atoms with Gasteiger partial charge in [0.25, 0.3) is 0 Å². The zero-order valence-electron chi connectivity index (χ0n) is 14.2. The summed E-state index contributed by atoms with van der Waals surface area (Å²) < 4.78 is 0. The number of hydrogen-bond donors (Lipinski definition) is 2. The van der Waals surface area contributed by atoms with Crippen molar-refractivity contribution >= 4 is 17.0 Å². The summed E-state index contributed by atoms with van der Waals surface area (Å²) in [7, 11) is 0. The first-order valence-electron chi connectivity index (χ1n) is 8.89. The molecule has 0 aliphatic heterocycles. The van der Waals surface area contributed by atoms with E-state index in [0.29, 0.717) is 6.04 Å². The van der Waals surface area contributed by atoms with Crippen LogP contribution in [0.5, 0.6) is 0 Å². The van der Waals surface area contributed by atoms with Gasteiger partial charge in [0.15, 0.2) is 0 Å². The minimum Gasteiger partial charge on any atom is -0.361 e. The van der Waals surface area contributed by atoms with Gasteiger partial charge in [-0.2, -0.15) is 0 Å². The third-order valence-corrected chi connectivity index (χ3v) is 5.06. The molecule has 2 aromatic carbocycles. The van der Waals surface area contributed by atoms with Crippen LogP contribution in [-0.4, -0.2) is 11.5 Å². The number of H-pyrrole nitrogens is 1. The lowest BCUT2D eigenvalue weighted by Crippen LogP contribution is -2.21. The van der Waals surface area contributed by atoms with Crippen molar-refractivity contribution in [2.75, 3.05) is 6.54 Å². The van der Waals surface area contributed by atoms with Gasteiger partial charge in [0, 0.05) is 23.1 Å². The van der Waals surface area contributed by atoms with Gasteiger partial charge in [0.2, 0.25) is 0 Å². The molecule has 2 nitrogen and oxygen atoms in total. The second-order valence-corrected chi connectivity index (χ2v) is 6.61. The lowest BCUT2D eigenvalue weighted by molar-refractivity contribution is 0.534. The topological polar surface area (TPSA) is 27.8 Å². The number of benzene rings is 2. The molecule has 0 amide bonds. The molecule has 0 saturated carbocycles. The minimum absolute atomic E-state index is 0.505. The summed E-state index contributed by atoms with van der Waals surface area (Å²) in [5.74, 6) is 0. The zero-order chi connectivity index (χ0) is 16.4. The van der Waals surface area contributed by atoms with Gasteiger partial charge in [-0.3, -0.25) is 0 Å². The first kappa shape index (κ1) is 15.2. The molecule has 3 aromatic rings. The molecule has 1 aromatic heterocycles. The maximum atomic E-state index is 3.76. The van der Waals surface area contributed by atoms with E-state index >= 15 is 0 Å². The lowest BCUT2D eigenvalue weighted by Gasteiger charge is -2.14. The van der Waals surface area contributed by atoms with Crippen molar-refractivity contribution in [2.24, 2.45) is 0 Å². The fraction of sp³-hybridized carbons (Fsp3) is 0.273. The Hall–Kier alpha value is -2.32. The quantitative estimate of drug-likeness (QED) is 0.679. The van der Waals surface area contributed by atoms with Crippen LogP contribution in [0, 0.1) is 0 Å². The van der Waals surface area contributed by atoms with Gasteiger partial charge in [-0.15, -0.1) is 0 Å². The van der Waals surface area contributed by atoms with Crippen molar-refractivity contribution in [1.82, 2.24) is 10.3 Å². The van der Waals surface area contributed by atoms with Gasteiger partial charge in [-0.05, 0) is 61.1 Å². The molecule has 2 N–H and O–H groups in total. The lowest BCUT2D eigenvalue weighted by atomic mass is 10.0. The Labute approximate surface area is 143 Å². The van der Waals surface area contributed by atoms with E-state index in [0.717, 1.165) is 13.0 Å². The second-order valence-electron chi connectivity index (χ2n) is 6.61. The van der Waals surface area contributed by atoms with Crippen LogP contribution in [0.15, 0.2) is 54.7 Å². The van der Waals surface area contributed by atoms with E-state index in [1.165, 1.54) is 46.0 Å². The molecule has 0 spiro atoms. The number of aromatic nitrogens is 1. The van der Waals surface area contributed by atoms with Gasteiger partial charge in [-0.1, -0.05) is 48.6 Å². The number of allylic oxidation sites excluding steroid dienone is 1. The van der Waals surface area contributed by atoms with Crippen molar-refractivity contribution in [2.45, 2.75) is 32.2 Å². The molecule has 122 valence electrons. The third kappa shape index (κ3) is 2.90. The summed E-state index contributed by atoms with van der Waals surface area (Å²) in [5.41, 5.74) is 6.95. The maximum Gasteiger partial charge on any atom is 0.0456 e. The number of nitrogens with one attached hydrogen (secondary N) is 2. The van der Waals surface area contributed by atoms with Crippen LogP contribution in [0.2, 0.25) is 0 Å². The second kappa shape index (κ2) is 6.66. The Bertz CT molecular complexity index is 873. The van der Waals surface area contributed by atoms with Crippen LogP contribution < -0.4 is 5.32 Å². The first-order chi connectivity index (χ1) is 11.8. The highest BCUT2D eigenvalue weighted by Gasteiger charge is 2.21. The van der Waals surface area contributed by atoms with Gasteiger partial charge >= 0.3 is 0 Å². The van der Waals surface area contributed by atoms with Crippen LogP contribution in [0.25, 0.3) is 17.0 Å². The molecule has 1 aliphatic carbocycles. The van der Waals surface area contributed by atoms with Crippen molar-refractivity contribution in [3.05, 3.63) is 77.0 Å². The van der Waals surface area contributed by atoms with Gasteiger partial charge in [0.1, 0.15) is 0 Å². The van der Waals surface area contributed by atoms with Crippen LogP contribution in [0.4, 0.5) is 0 Å². The molecule has 0 fully saturated rings. The van der Waals surface area contributed by atoms with Crippen LogP contribution in [-0.2, 0) is 12.8 Å². The van der Waals surface area contributed by atoms with Crippen molar-refractivity contribution in [3.63, 3.8) is 0 Å². The maximum absolute atomic E-state index is 3.76. The SMILES string of the molecule is C/C=C/c1ccc2c(c1)CCC2NCCc1c[nH]c2ccccc12. The summed E-state index contributed by atoms with van der Waals surface area (Å²) >= 11 is 0. The molecule has 1 unspecified atom stereocenters. The van der Waals surface area contributed by atoms with E-state index in [1.807, 2.05) is 0 Å². The summed E-state index contributed by atoms with van der Waals surface area (Å²) in [5, 5.41) is 5.11. The highest BCUT2D eigenvalue weighted by molar-refractivity contribution is 5.83. The monoisotopic (exact) mass is 316 g/mol. The van der Waals surface area contributed by atoms with E-state index in [2.05, 4.69) is 78.0 Å². The van der Waals surface area contributed by atoms with Gasteiger partial charge in [0.05, 0.1) is 0 Å². The number of fused-ring (bicyclic) bond motifs is 2. The zero-order valence-corrected chi connectivity index (χ0v) is 14.2. The largest absolute Gasteiger partial charge is 0.361 e. The molecule has 24 heavy (non-hydrogen) atoms. The van der Waals surface area contributed by atoms with E-state index in [9.17, 15) is 0 Å². The number of aryl methyl sites for hydroxylation is 1. The predicted molar refractivity (Wildman–Crippen MR) is 102 cm³/mol. The molecule has 0 saturated heterocycles. The summed E-state index contributed by atoms with van der Waals surface area (Å²) in [6, 6.07) is 15.9. The van der Waals surface area contributed by atoms with Gasteiger partial charge in [-0.25, -0.2) is 0 Å². The molecule has 0 radical (unpaired) electrons. The molecule has 2 heteroatoms. The van der Waals surface area contributed by atoms with E-state index in [4.69, 9.17) is 0 Å². The van der Waals surface area contributed by atoms with Crippen LogP contribution in [0.1, 0.15) is 41.6 Å².